The summed E-state index contributed by atoms with van der Waals surface area (Å²) >= 11 is 0. The molecule has 1 aliphatic rings. The monoisotopic (exact) mass is 220 g/mol. The fourth-order valence-corrected chi connectivity index (χ4v) is 2.06. The summed E-state index contributed by atoms with van der Waals surface area (Å²) in [5.74, 6) is 0. The molecule has 1 aliphatic heterocycles. The van der Waals surface area contributed by atoms with E-state index in [1.807, 2.05) is 35.2 Å². The van der Waals surface area contributed by atoms with E-state index in [0.717, 1.165) is 11.8 Å². The summed E-state index contributed by atoms with van der Waals surface area (Å²) in [5, 5.41) is 9.31. The van der Waals surface area contributed by atoms with E-state index in [0.29, 0.717) is 13.1 Å². The van der Waals surface area contributed by atoms with Crippen LogP contribution in [0.3, 0.4) is 0 Å². The van der Waals surface area contributed by atoms with Crippen LogP contribution in [0, 0.1) is 0 Å². The average molecular weight is 220 g/mol. The number of carbonyl (C=O) groups is 1. The molecule has 86 valence electrons. The second-order valence-corrected chi connectivity index (χ2v) is 4.22. The number of hydrogen-bond acceptors (Lipinski definition) is 4. The van der Waals surface area contributed by atoms with Crippen molar-refractivity contribution in [3.63, 3.8) is 0 Å². The molecule has 0 spiro atoms. The molecule has 1 saturated heterocycles. The maximum absolute atomic E-state index is 10.8. The topological polar surface area (TPSA) is 66.6 Å². The maximum Gasteiger partial charge on any atom is 0.123 e. The Kier molecular flexibility index (Phi) is 3.05. The smallest absolute Gasteiger partial charge is 0.123 e. The van der Waals surface area contributed by atoms with E-state index in [1.54, 1.807) is 0 Å². The molecular weight excluding hydrogens is 204 g/mol. The third-order valence-corrected chi connectivity index (χ3v) is 3.09. The minimum absolute atomic E-state index is 0.240. The Bertz CT molecular complexity index is 363. The van der Waals surface area contributed by atoms with Crippen LogP contribution in [0.25, 0.3) is 0 Å². The summed E-state index contributed by atoms with van der Waals surface area (Å²) in [6.45, 7) is 1.05. The molecule has 0 radical (unpaired) electrons. The van der Waals surface area contributed by atoms with Crippen molar-refractivity contribution < 1.29 is 9.90 Å². The number of nitrogens with two attached hydrogens (primary N) is 1. The SMILES string of the molecule is NC(CC=O)(c1ccccc1)N1CC(O)C1. The first-order chi connectivity index (χ1) is 7.66. The first-order valence-corrected chi connectivity index (χ1v) is 5.38. The number of benzene rings is 1. The lowest BCUT2D eigenvalue weighted by Gasteiger charge is -2.48. The van der Waals surface area contributed by atoms with Gasteiger partial charge in [-0.3, -0.25) is 4.90 Å². The van der Waals surface area contributed by atoms with E-state index >= 15 is 0 Å². The zero-order valence-electron chi connectivity index (χ0n) is 9.04. The molecule has 2 rings (SSSR count). The van der Waals surface area contributed by atoms with E-state index in [2.05, 4.69) is 0 Å². The Balaban J connectivity index is 2.25. The number of nitrogens with zero attached hydrogens (tertiary/aromatic N) is 1. The summed E-state index contributed by atoms with van der Waals surface area (Å²) in [4.78, 5) is 12.7. The highest BCUT2D eigenvalue weighted by Gasteiger charge is 2.41. The molecule has 0 bridgehead atoms. The Hall–Kier alpha value is -1.23. The quantitative estimate of drug-likeness (QED) is 0.704. The van der Waals surface area contributed by atoms with Gasteiger partial charge in [-0.15, -0.1) is 0 Å². The number of rotatable bonds is 4. The molecule has 1 atom stereocenters. The summed E-state index contributed by atoms with van der Waals surface area (Å²) in [5.41, 5.74) is 6.42. The molecule has 0 aliphatic carbocycles. The third-order valence-electron chi connectivity index (χ3n) is 3.09. The largest absolute Gasteiger partial charge is 0.390 e. The van der Waals surface area contributed by atoms with Crippen molar-refractivity contribution in [3.05, 3.63) is 35.9 Å². The van der Waals surface area contributed by atoms with Gasteiger partial charge >= 0.3 is 0 Å². The van der Waals surface area contributed by atoms with Crippen molar-refractivity contribution in [1.82, 2.24) is 4.90 Å². The second-order valence-electron chi connectivity index (χ2n) is 4.22. The fourth-order valence-electron chi connectivity index (χ4n) is 2.06. The molecule has 4 heteroatoms. The zero-order valence-corrected chi connectivity index (χ0v) is 9.04. The normalized spacial score (nSPS) is 21.1. The predicted molar refractivity (Wildman–Crippen MR) is 60.6 cm³/mol. The number of hydrogen-bond donors (Lipinski definition) is 2. The van der Waals surface area contributed by atoms with Crippen molar-refractivity contribution >= 4 is 6.29 Å². The molecule has 1 fully saturated rings. The van der Waals surface area contributed by atoms with E-state index < -0.39 is 5.66 Å². The van der Waals surface area contributed by atoms with Crippen molar-refractivity contribution in [2.24, 2.45) is 5.73 Å². The second kappa shape index (κ2) is 4.33. The van der Waals surface area contributed by atoms with Gasteiger partial charge in [0.2, 0.25) is 0 Å². The van der Waals surface area contributed by atoms with Crippen molar-refractivity contribution in [2.75, 3.05) is 13.1 Å². The molecule has 1 aromatic rings. The molecule has 1 heterocycles. The van der Waals surface area contributed by atoms with Gasteiger partial charge in [0, 0.05) is 19.5 Å². The van der Waals surface area contributed by atoms with Crippen LogP contribution in [0.5, 0.6) is 0 Å². The van der Waals surface area contributed by atoms with Gasteiger partial charge in [-0.1, -0.05) is 30.3 Å². The lowest BCUT2D eigenvalue weighted by atomic mass is 9.91. The lowest BCUT2D eigenvalue weighted by Crippen LogP contribution is -2.64. The molecule has 16 heavy (non-hydrogen) atoms. The van der Waals surface area contributed by atoms with Gasteiger partial charge in [0.25, 0.3) is 0 Å². The van der Waals surface area contributed by atoms with Crippen LogP contribution in [-0.2, 0) is 10.5 Å². The summed E-state index contributed by atoms with van der Waals surface area (Å²) in [7, 11) is 0. The van der Waals surface area contributed by atoms with Crippen LogP contribution in [0.2, 0.25) is 0 Å². The zero-order chi connectivity index (χ0) is 11.6. The number of β-amino-alcohol motifs (C(OH)–C–C–N with tert-alkyl or cyclic N) is 1. The van der Waals surface area contributed by atoms with Crippen LogP contribution < -0.4 is 5.73 Å². The molecule has 1 aromatic carbocycles. The van der Waals surface area contributed by atoms with E-state index in [1.165, 1.54) is 0 Å². The average Bonchev–Trinajstić information content (AvgIpc) is 2.26. The summed E-state index contributed by atoms with van der Waals surface area (Å²) in [6, 6.07) is 9.54. The number of aldehydes is 1. The van der Waals surface area contributed by atoms with Gasteiger partial charge < -0.3 is 15.6 Å². The van der Waals surface area contributed by atoms with E-state index in [-0.39, 0.29) is 12.5 Å². The number of likely N-dealkylation sites (tertiary alicyclic amines) is 1. The minimum atomic E-state index is -0.776. The Labute approximate surface area is 94.7 Å². The summed E-state index contributed by atoms with van der Waals surface area (Å²) in [6.07, 6.45) is 0.750. The highest BCUT2D eigenvalue weighted by Crippen LogP contribution is 2.30. The molecule has 4 nitrogen and oxygen atoms in total. The fraction of sp³-hybridized carbons (Fsp3) is 0.417. The van der Waals surface area contributed by atoms with Gasteiger partial charge in [-0.25, -0.2) is 0 Å². The molecule has 0 saturated carbocycles. The lowest BCUT2D eigenvalue weighted by molar-refractivity contribution is -0.116. The first-order valence-electron chi connectivity index (χ1n) is 5.38. The van der Waals surface area contributed by atoms with Crippen LogP contribution in [0.4, 0.5) is 0 Å². The van der Waals surface area contributed by atoms with Gasteiger partial charge in [-0.2, -0.15) is 0 Å². The van der Waals surface area contributed by atoms with Crippen molar-refractivity contribution in [3.8, 4) is 0 Å². The molecule has 1 unspecified atom stereocenters. The minimum Gasteiger partial charge on any atom is -0.390 e. The predicted octanol–water partition coefficient (Wildman–Crippen LogP) is 0.0636. The van der Waals surface area contributed by atoms with Gasteiger partial charge in [-0.05, 0) is 5.56 Å². The highest BCUT2D eigenvalue weighted by atomic mass is 16.3. The Morgan fingerprint density at radius 3 is 2.56 bits per heavy atom. The van der Waals surface area contributed by atoms with Crippen molar-refractivity contribution in [1.29, 1.82) is 0 Å². The molecule has 0 aromatic heterocycles. The number of carbonyl (C=O) groups excluding carboxylic acids is 1. The number of aliphatic hydroxyl groups excluding tert-OH is 1. The molecular formula is C12H16N2O2. The Morgan fingerprint density at radius 1 is 1.44 bits per heavy atom. The molecule has 3 N–H and O–H groups in total. The van der Waals surface area contributed by atoms with Gasteiger partial charge in [0.1, 0.15) is 11.9 Å². The van der Waals surface area contributed by atoms with E-state index in [9.17, 15) is 9.90 Å². The first kappa shape index (κ1) is 11.3. The highest BCUT2D eigenvalue weighted by molar-refractivity contribution is 5.53. The maximum atomic E-state index is 10.8. The molecule has 0 amide bonds. The van der Waals surface area contributed by atoms with Crippen LogP contribution in [0.1, 0.15) is 12.0 Å². The van der Waals surface area contributed by atoms with Crippen LogP contribution in [0.15, 0.2) is 30.3 Å². The summed E-state index contributed by atoms with van der Waals surface area (Å²) < 4.78 is 0. The third kappa shape index (κ3) is 1.87. The van der Waals surface area contributed by atoms with E-state index in [4.69, 9.17) is 5.73 Å². The standard InChI is InChI=1S/C12H16N2O2/c13-12(6-7-15,14-8-11(16)9-14)10-4-2-1-3-5-10/h1-5,7,11,16H,6,8-9,13H2. The van der Waals surface area contributed by atoms with Crippen LogP contribution >= 0.6 is 0 Å². The van der Waals surface area contributed by atoms with Gasteiger partial charge in [0.15, 0.2) is 0 Å². The van der Waals surface area contributed by atoms with Gasteiger partial charge in [0.05, 0.1) is 6.10 Å². The van der Waals surface area contributed by atoms with Crippen molar-refractivity contribution in [2.45, 2.75) is 18.2 Å². The number of aliphatic hydroxyl groups is 1. The Morgan fingerprint density at radius 2 is 2.06 bits per heavy atom. The van der Waals surface area contributed by atoms with Crippen LogP contribution in [-0.4, -0.2) is 35.5 Å².